The zero-order chi connectivity index (χ0) is 25.8. The van der Waals surface area contributed by atoms with Gasteiger partial charge in [0.2, 0.25) is 5.91 Å². The second-order valence-corrected chi connectivity index (χ2v) is 9.85. The summed E-state index contributed by atoms with van der Waals surface area (Å²) in [4.78, 5) is 26.2. The van der Waals surface area contributed by atoms with Gasteiger partial charge in [-0.2, -0.15) is 13.2 Å². The molecule has 0 bridgehead atoms. The number of benzene rings is 1. The predicted octanol–water partition coefficient (Wildman–Crippen LogP) is 4.16. The van der Waals surface area contributed by atoms with Crippen LogP contribution < -0.4 is 0 Å². The third kappa shape index (κ3) is 8.51. The average molecular weight is 517 g/mol. The summed E-state index contributed by atoms with van der Waals surface area (Å²) in [7, 11) is 1.16. The maximum Gasteiger partial charge on any atom is 0.407 e. The number of likely N-dealkylation sites (N-methyl/N-ethyl adjacent to an activating group) is 1. The van der Waals surface area contributed by atoms with E-state index in [4.69, 9.17) is 23.2 Å². The molecule has 3 N–H and O–H groups in total. The highest BCUT2D eigenvalue weighted by Crippen LogP contribution is 2.37. The Morgan fingerprint density at radius 2 is 1.67 bits per heavy atom. The molecule has 1 aromatic rings. The summed E-state index contributed by atoms with van der Waals surface area (Å²) in [5.41, 5.74) is -2.03. The van der Waals surface area contributed by atoms with Crippen molar-refractivity contribution >= 4 is 35.2 Å². The van der Waals surface area contributed by atoms with Crippen LogP contribution in [0.15, 0.2) is 18.2 Å². The van der Waals surface area contributed by atoms with E-state index in [0.717, 1.165) is 16.8 Å². The van der Waals surface area contributed by atoms with E-state index < -0.39 is 54.8 Å². The van der Waals surface area contributed by atoms with E-state index in [1.54, 1.807) is 20.8 Å². The van der Waals surface area contributed by atoms with E-state index >= 15 is 0 Å². The molecular weight excluding hydrogens is 488 g/mol. The first-order valence-corrected chi connectivity index (χ1v) is 10.7. The Morgan fingerprint density at radius 3 is 2.09 bits per heavy atom. The monoisotopic (exact) mass is 516 g/mol. The Morgan fingerprint density at radius 1 is 1.09 bits per heavy atom. The fourth-order valence-corrected chi connectivity index (χ4v) is 3.86. The molecule has 0 aromatic heterocycles. The van der Waals surface area contributed by atoms with Crippen LogP contribution in [-0.2, 0) is 10.2 Å². The summed E-state index contributed by atoms with van der Waals surface area (Å²) in [5, 5.41) is 29.9. The molecule has 0 heterocycles. The molecule has 0 aliphatic carbocycles. The molecule has 2 unspecified atom stereocenters. The second kappa shape index (κ2) is 11.1. The number of carboxylic acid groups (broad SMARTS) is 1. The Kier molecular flexibility index (Phi) is 9.86. The molecule has 1 aromatic carbocycles. The molecule has 33 heavy (non-hydrogen) atoms. The van der Waals surface area contributed by atoms with Crippen LogP contribution in [0.25, 0.3) is 0 Å². The zero-order valence-electron chi connectivity index (χ0n) is 18.8. The molecule has 0 radical (unpaired) electrons. The molecule has 0 saturated heterocycles. The summed E-state index contributed by atoms with van der Waals surface area (Å²) < 4.78 is 38.5. The first-order chi connectivity index (χ1) is 14.9. The van der Waals surface area contributed by atoms with Crippen LogP contribution in [0.2, 0.25) is 10.0 Å². The van der Waals surface area contributed by atoms with E-state index in [1.807, 2.05) is 0 Å². The molecule has 1 rings (SSSR count). The van der Waals surface area contributed by atoms with E-state index in [0.29, 0.717) is 5.56 Å². The van der Waals surface area contributed by atoms with Gasteiger partial charge >= 0.3 is 12.3 Å². The molecule has 0 fully saturated rings. The van der Waals surface area contributed by atoms with Crippen LogP contribution in [-0.4, -0.2) is 81.7 Å². The number of halogens is 5. The van der Waals surface area contributed by atoms with Gasteiger partial charge in [-0.15, -0.1) is 0 Å². The molecule has 0 saturated carbocycles. The Hall–Kier alpha value is -1.75. The van der Waals surface area contributed by atoms with Crippen LogP contribution in [0, 0.1) is 0 Å². The van der Waals surface area contributed by atoms with Gasteiger partial charge in [-0.3, -0.25) is 4.79 Å². The number of aliphatic hydroxyl groups is 2. The van der Waals surface area contributed by atoms with Gasteiger partial charge in [-0.25, -0.2) is 4.79 Å². The van der Waals surface area contributed by atoms with Gasteiger partial charge in [-0.05, 0) is 44.9 Å². The number of rotatable bonds is 9. The summed E-state index contributed by atoms with van der Waals surface area (Å²) in [6.45, 7) is 3.48. The Bertz CT molecular complexity index is 848. The van der Waals surface area contributed by atoms with Crippen molar-refractivity contribution in [1.82, 2.24) is 9.80 Å². The third-order valence-corrected chi connectivity index (χ3v) is 5.93. The summed E-state index contributed by atoms with van der Waals surface area (Å²) in [6.07, 6.45) is -9.38. The normalized spacial score (nSPS) is 15.0. The Balaban J connectivity index is 3.67. The SMILES string of the molecule is CN(CC(CC(O)CO)(CN(C(=O)O)C(C)(C)C)c1ccc(Cl)c(Cl)c1)C(=O)CC(F)(F)F. The van der Waals surface area contributed by atoms with Crippen molar-refractivity contribution in [2.24, 2.45) is 0 Å². The highest BCUT2D eigenvalue weighted by atomic mass is 35.5. The Labute approximate surface area is 200 Å². The molecule has 0 aliphatic rings. The smallest absolute Gasteiger partial charge is 0.407 e. The number of carbonyl (C=O) groups excluding carboxylic acids is 1. The van der Waals surface area contributed by atoms with Gasteiger partial charge in [0.1, 0.15) is 6.42 Å². The van der Waals surface area contributed by atoms with Crippen molar-refractivity contribution < 1.29 is 38.1 Å². The molecule has 2 amide bonds. The largest absolute Gasteiger partial charge is 0.465 e. The standard InChI is InChI=1S/C21H29Cl2F3N2O5/c1-19(2,3)28(18(32)33)12-20(8-14(30)10-29,13-5-6-15(22)16(23)7-13)11-27(4)17(31)9-21(24,25)26/h5-7,14,29-30H,8-12H2,1-4H3,(H,32,33). The van der Waals surface area contributed by atoms with Gasteiger partial charge < -0.3 is 25.1 Å². The van der Waals surface area contributed by atoms with Crippen molar-refractivity contribution in [3.63, 3.8) is 0 Å². The fourth-order valence-electron chi connectivity index (χ4n) is 3.56. The zero-order valence-corrected chi connectivity index (χ0v) is 20.3. The third-order valence-electron chi connectivity index (χ3n) is 5.19. The molecule has 2 atom stereocenters. The number of amides is 2. The number of hydrogen-bond donors (Lipinski definition) is 3. The van der Waals surface area contributed by atoms with Gasteiger partial charge in [0.05, 0.1) is 22.8 Å². The van der Waals surface area contributed by atoms with Gasteiger partial charge in [0.15, 0.2) is 0 Å². The van der Waals surface area contributed by atoms with Gasteiger partial charge in [-0.1, -0.05) is 29.3 Å². The summed E-state index contributed by atoms with van der Waals surface area (Å²) in [5.74, 6) is -1.23. The lowest BCUT2D eigenvalue weighted by Gasteiger charge is -2.45. The molecular formula is C21H29Cl2F3N2O5. The number of alkyl halides is 3. The van der Waals surface area contributed by atoms with Gasteiger partial charge in [0.25, 0.3) is 0 Å². The van der Waals surface area contributed by atoms with E-state index in [9.17, 15) is 38.1 Å². The number of carbonyl (C=O) groups is 2. The number of hydrogen-bond acceptors (Lipinski definition) is 4. The molecule has 12 heteroatoms. The predicted molar refractivity (Wildman–Crippen MR) is 119 cm³/mol. The first kappa shape index (κ1) is 29.3. The minimum atomic E-state index is -4.74. The van der Waals surface area contributed by atoms with E-state index in [2.05, 4.69) is 0 Å². The fraction of sp³-hybridized carbons (Fsp3) is 0.619. The van der Waals surface area contributed by atoms with E-state index in [-0.39, 0.29) is 23.0 Å². The van der Waals surface area contributed by atoms with E-state index in [1.165, 1.54) is 18.2 Å². The summed E-state index contributed by atoms with van der Waals surface area (Å²) >= 11 is 12.2. The maximum absolute atomic E-state index is 12.8. The van der Waals surface area contributed by atoms with Crippen LogP contribution in [0.3, 0.4) is 0 Å². The lowest BCUT2D eigenvalue weighted by molar-refractivity contribution is -0.161. The van der Waals surface area contributed by atoms with Crippen LogP contribution in [0.4, 0.5) is 18.0 Å². The molecule has 0 spiro atoms. The maximum atomic E-state index is 12.8. The first-order valence-electron chi connectivity index (χ1n) is 9.97. The lowest BCUT2D eigenvalue weighted by atomic mass is 9.74. The average Bonchev–Trinajstić information content (AvgIpc) is 2.65. The van der Waals surface area contributed by atoms with Crippen molar-refractivity contribution in [2.75, 3.05) is 26.7 Å². The number of nitrogens with zero attached hydrogens (tertiary/aromatic N) is 2. The van der Waals surface area contributed by atoms with Crippen molar-refractivity contribution in [3.8, 4) is 0 Å². The highest BCUT2D eigenvalue weighted by Gasteiger charge is 2.43. The highest BCUT2D eigenvalue weighted by molar-refractivity contribution is 6.42. The second-order valence-electron chi connectivity index (χ2n) is 9.03. The molecule has 7 nitrogen and oxygen atoms in total. The van der Waals surface area contributed by atoms with Crippen LogP contribution in [0.5, 0.6) is 0 Å². The van der Waals surface area contributed by atoms with Crippen molar-refractivity contribution in [3.05, 3.63) is 33.8 Å². The molecule has 188 valence electrons. The van der Waals surface area contributed by atoms with Crippen LogP contribution in [0.1, 0.15) is 39.2 Å². The summed E-state index contributed by atoms with van der Waals surface area (Å²) in [6, 6.07) is 4.35. The lowest BCUT2D eigenvalue weighted by Crippen LogP contribution is -2.56. The number of aliphatic hydroxyl groups excluding tert-OH is 2. The van der Waals surface area contributed by atoms with Crippen molar-refractivity contribution in [2.45, 2.75) is 56.8 Å². The minimum absolute atomic E-state index is 0.0962. The topological polar surface area (TPSA) is 101 Å². The minimum Gasteiger partial charge on any atom is -0.465 e. The van der Waals surface area contributed by atoms with Crippen LogP contribution >= 0.6 is 23.2 Å². The molecule has 0 aliphatic heterocycles. The quantitative estimate of drug-likeness (QED) is 0.457. The van der Waals surface area contributed by atoms with Crippen molar-refractivity contribution in [1.29, 1.82) is 0 Å². The van der Waals surface area contributed by atoms with Gasteiger partial charge in [0, 0.05) is 31.1 Å².